The zero-order valence-corrected chi connectivity index (χ0v) is 13.9. The number of anilines is 1. The molecule has 0 bridgehead atoms. The van der Waals surface area contributed by atoms with Crippen LogP contribution in [0.5, 0.6) is 0 Å². The van der Waals surface area contributed by atoms with Crippen molar-refractivity contribution in [1.29, 1.82) is 0 Å². The standard InChI is InChI=1S/C16H17ClN4.ClH/c1-2-3-4-11-5-7-12(8-6-11)21-19-15-9-13(17)14(18)10-16(15)20-21;/h5-10H,2-4,18H2,1H3;1H. The van der Waals surface area contributed by atoms with Crippen LogP contribution in [-0.2, 0) is 6.42 Å². The number of nitrogens with zero attached hydrogens (tertiary/aromatic N) is 3. The highest BCUT2D eigenvalue weighted by Crippen LogP contribution is 2.24. The lowest BCUT2D eigenvalue weighted by atomic mass is 10.1. The number of rotatable bonds is 4. The molecule has 0 spiro atoms. The molecule has 0 aliphatic carbocycles. The van der Waals surface area contributed by atoms with Crippen molar-refractivity contribution in [3.8, 4) is 5.69 Å². The van der Waals surface area contributed by atoms with Crippen LogP contribution in [0.3, 0.4) is 0 Å². The van der Waals surface area contributed by atoms with Gasteiger partial charge in [0.2, 0.25) is 0 Å². The van der Waals surface area contributed by atoms with Gasteiger partial charge in [0.15, 0.2) is 0 Å². The van der Waals surface area contributed by atoms with Crippen LogP contribution in [0.4, 0.5) is 5.69 Å². The van der Waals surface area contributed by atoms with Crippen LogP contribution < -0.4 is 5.73 Å². The molecule has 4 nitrogen and oxygen atoms in total. The second kappa shape index (κ2) is 6.99. The van der Waals surface area contributed by atoms with Gasteiger partial charge in [-0.25, -0.2) is 0 Å². The van der Waals surface area contributed by atoms with Crippen LogP contribution in [0.25, 0.3) is 16.7 Å². The first-order chi connectivity index (χ1) is 10.2. The van der Waals surface area contributed by atoms with Gasteiger partial charge in [-0.2, -0.15) is 4.80 Å². The molecule has 0 saturated heterocycles. The summed E-state index contributed by atoms with van der Waals surface area (Å²) in [6.07, 6.45) is 3.52. The first kappa shape index (κ1) is 16.6. The van der Waals surface area contributed by atoms with Crippen LogP contribution in [0, 0.1) is 0 Å². The Kier molecular flexibility index (Phi) is 5.27. The number of aryl methyl sites for hydroxylation is 1. The van der Waals surface area contributed by atoms with Gasteiger partial charge >= 0.3 is 0 Å². The Hall–Kier alpha value is -1.78. The predicted molar refractivity (Wildman–Crippen MR) is 94.1 cm³/mol. The van der Waals surface area contributed by atoms with Gasteiger partial charge in [0.25, 0.3) is 0 Å². The smallest absolute Gasteiger partial charge is 0.115 e. The summed E-state index contributed by atoms with van der Waals surface area (Å²) in [7, 11) is 0. The summed E-state index contributed by atoms with van der Waals surface area (Å²) in [6, 6.07) is 11.8. The van der Waals surface area contributed by atoms with Crippen molar-refractivity contribution < 1.29 is 0 Å². The van der Waals surface area contributed by atoms with E-state index in [1.807, 2.05) is 12.1 Å². The number of aromatic nitrogens is 3. The molecule has 6 heteroatoms. The van der Waals surface area contributed by atoms with Crippen molar-refractivity contribution in [2.45, 2.75) is 26.2 Å². The SMILES string of the molecule is CCCCc1ccc(-n2nc3cc(N)c(Cl)cc3n2)cc1.Cl. The maximum absolute atomic E-state index is 6.01. The number of nitrogens with two attached hydrogens (primary N) is 1. The Morgan fingerprint density at radius 3 is 2.36 bits per heavy atom. The molecule has 0 amide bonds. The van der Waals surface area contributed by atoms with Gasteiger partial charge in [0.05, 0.1) is 16.4 Å². The molecule has 22 heavy (non-hydrogen) atoms. The van der Waals surface area contributed by atoms with Crippen molar-refractivity contribution in [1.82, 2.24) is 15.0 Å². The molecule has 0 aliphatic heterocycles. The van der Waals surface area contributed by atoms with E-state index in [1.165, 1.54) is 18.4 Å². The quantitative estimate of drug-likeness (QED) is 0.717. The van der Waals surface area contributed by atoms with Crippen molar-refractivity contribution in [2.75, 3.05) is 5.73 Å². The number of unbranched alkanes of at least 4 members (excludes halogenated alkanes) is 1. The lowest BCUT2D eigenvalue weighted by Gasteiger charge is -2.02. The van der Waals surface area contributed by atoms with Gasteiger partial charge in [-0.15, -0.1) is 22.6 Å². The summed E-state index contributed by atoms with van der Waals surface area (Å²) in [5.74, 6) is 0. The molecule has 0 atom stereocenters. The van der Waals surface area contributed by atoms with Gasteiger partial charge in [-0.05, 0) is 42.7 Å². The minimum atomic E-state index is 0. The molecule has 1 heterocycles. The van der Waals surface area contributed by atoms with Crippen LogP contribution >= 0.6 is 24.0 Å². The fraction of sp³-hybridized carbons (Fsp3) is 0.250. The predicted octanol–water partition coefficient (Wildman–Crippen LogP) is 4.42. The first-order valence-electron chi connectivity index (χ1n) is 7.09. The van der Waals surface area contributed by atoms with E-state index in [1.54, 1.807) is 16.9 Å². The molecule has 2 N–H and O–H groups in total. The molecule has 2 aromatic carbocycles. The van der Waals surface area contributed by atoms with Gasteiger partial charge in [-0.3, -0.25) is 0 Å². The second-order valence-corrected chi connectivity index (χ2v) is 5.53. The molecular formula is C16H18Cl2N4. The topological polar surface area (TPSA) is 56.7 Å². The Balaban J connectivity index is 0.00000176. The van der Waals surface area contributed by atoms with Crippen molar-refractivity contribution in [2.24, 2.45) is 0 Å². The summed E-state index contributed by atoms with van der Waals surface area (Å²) in [6.45, 7) is 2.20. The molecule has 0 unspecified atom stereocenters. The van der Waals surface area contributed by atoms with Crippen LogP contribution in [0.15, 0.2) is 36.4 Å². The minimum Gasteiger partial charge on any atom is -0.397 e. The number of nitrogen functional groups attached to an aromatic ring is 1. The maximum Gasteiger partial charge on any atom is 0.115 e. The van der Waals surface area contributed by atoms with Gasteiger partial charge in [-0.1, -0.05) is 37.1 Å². The fourth-order valence-electron chi connectivity index (χ4n) is 2.25. The third kappa shape index (κ3) is 3.34. The second-order valence-electron chi connectivity index (χ2n) is 5.12. The average Bonchev–Trinajstić information content (AvgIpc) is 2.89. The average molecular weight is 337 g/mol. The largest absolute Gasteiger partial charge is 0.397 e. The van der Waals surface area contributed by atoms with E-state index in [0.717, 1.165) is 23.1 Å². The number of benzene rings is 2. The van der Waals surface area contributed by atoms with E-state index in [-0.39, 0.29) is 12.4 Å². The maximum atomic E-state index is 6.01. The molecule has 0 saturated carbocycles. The molecule has 116 valence electrons. The molecule has 0 radical (unpaired) electrons. The fourth-order valence-corrected chi connectivity index (χ4v) is 2.40. The number of halogens is 2. The molecule has 3 aromatic rings. The molecule has 0 aliphatic rings. The highest BCUT2D eigenvalue weighted by Gasteiger charge is 2.07. The third-order valence-electron chi connectivity index (χ3n) is 3.49. The summed E-state index contributed by atoms with van der Waals surface area (Å²) >= 11 is 6.01. The van der Waals surface area contributed by atoms with Gasteiger partial charge in [0.1, 0.15) is 11.0 Å². The van der Waals surface area contributed by atoms with Crippen LogP contribution in [-0.4, -0.2) is 15.0 Å². The Morgan fingerprint density at radius 2 is 1.73 bits per heavy atom. The number of fused-ring (bicyclic) bond motifs is 1. The Labute approximate surface area is 140 Å². The van der Waals surface area contributed by atoms with E-state index in [9.17, 15) is 0 Å². The highest BCUT2D eigenvalue weighted by atomic mass is 35.5. The molecule has 1 aromatic heterocycles. The molecular weight excluding hydrogens is 319 g/mol. The summed E-state index contributed by atoms with van der Waals surface area (Å²) < 4.78 is 0. The van der Waals surface area contributed by atoms with Crippen molar-refractivity contribution in [3.05, 3.63) is 47.0 Å². The first-order valence-corrected chi connectivity index (χ1v) is 7.46. The van der Waals surface area contributed by atoms with E-state index in [2.05, 4.69) is 29.3 Å². The number of hydrogen-bond donors (Lipinski definition) is 1. The lowest BCUT2D eigenvalue weighted by molar-refractivity contribution is 0.762. The zero-order valence-electron chi connectivity index (χ0n) is 12.3. The lowest BCUT2D eigenvalue weighted by Crippen LogP contribution is -1.98. The zero-order chi connectivity index (χ0) is 14.8. The number of hydrogen-bond acceptors (Lipinski definition) is 3. The summed E-state index contributed by atoms with van der Waals surface area (Å²) in [5, 5.41) is 9.39. The van der Waals surface area contributed by atoms with Gasteiger partial charge in [0, 0.05) is 0 Å². The Bertz CT molecular complexity index is 727. The third-order valence-corrected chi connectivity index (χ3v) is 3.81. The van der Waals surface area contributed by atoms with E-state index in [0.29, 0.717) is 10.7 Å². The Morgan fingerprint density at radius 1 is 1.09 bits per heavy atom. The normalized spacial score (nSPS) is 10.6. The van der Waals surface area contributed by atoms with Crippen molar-refractivity contribution >= 4 is 40.7 Å². The van der Waals surface area contributed by atoms with Gasteiger partial charge < -0.3 is 5.73 Å². The monoisotopic (exact) mass is 336 g/mol. The van der Waals surface area contributed by atoms with Crippen molar-refractivity contribution in [3.63, 3.8) is 0 Å². The van der Waals surface area contributed by atoms with E-state index in [4.69, 9.17) is 17.3 Å². The molecule has 3 rings (SSSR count). The van der Waals surface area contributed by atoms with E-state index < -0.39 is 0 Å². The van der Waals surface area contributed by atoms with E-state index >= 15 is 0 Å². The summed E-state index contributed by atoms with van der Waals surface area (Å²) in [4.78, 5) is 1.62. The minimum absolute atomic E-state index is 0. The summed E-state index contributed by atoms with van der Waals surface area (Å²) in [5.41, 5.74) is 10.1. The van der Waals surface area contributed by atoms with Crippen LogP contribution in [0.2, 0.25) is 5.02 Å². The van der Waals surface area contributed by atoms with Crippen LogP contribution in [0.1, 0.15) is 25.3 Å². The highest BCUT2D eigenvalue weighted by molar-refractivity contribution is 6.33. The molecule has 0 fully saturated rings.